The zero-order valence-corrected chi connectivity index (χ0v) is 28.8. The maximum absolute atomic E-state index is 2.40. The smallest absolute Gasteiger partial charge is 0.0461 e. The fourth-order valence-electron chi connectivity index (χ4n) is 7.43. The second-order valence-electron chi connectivity index (χ2n) is 13.7. The summed E-state index contributed by atoms with van der Waals surface area (Å²) in [6.45, 7) is 8.59. The SMILES string of the molecule is Cc1ccc(N(c2ccc(C)cc2)c2ccc(C3(c4ccc(N(c5ccc(C)cc5)c5ccc(C)cc5)cc4)CCCCC3)cc2)cc1. The van der Waals surface area contributed by atoms with Crippen LogP contribution >= 0.6 is 0 Å². The fraction of sp³-hybridized carbons (Fsp3) is 0.217. The van der Waals surface area contributed by atoms with Crippen LogP contribution in [0.4, 0.5) is 34.1 Å². The summed E-state index contributed by atoms with van der Waals surface area (Å²) < 4.78 is 0. The molecule has 0 heterocycles. The first kappa shape index (κ1) is 31.5. The third-order valence-corrected chi connectivity index (χ3v) is 10.2. The van der Waals surface area contributed by atoms with E-state index in [4.69, 9.17) is 0 Å². The van der Waals surface area contributed by atoms with E-state index in [1.165, 1.54) is 99.6 Å². The highest BCUT2D eigenvalue weighted by Gasteiger charge is 2.36. The summed E-state index contributed by atoms with van der Waals surface area (Å²) >= 11 is 0. The summed E-state index contributed by atoms with van der Waals surface area (Å²) in [6, 6.07) is 54.3. The van der Waals surface area contributed by atoms with Crippen molar-refractivity contribution in [3.63, 3.8) is 0 Å². The number of rotatable bonds is 8. The lowest BCUT2D eigenvalue weighted by Crippen LogP contribution is -2.30. The summed E-state index contributed by atoms with van der Waals surface area (Å²) in [7, 11) is 0. The molecule has 2 heteroatoms. The number of benzene rings is 6. The van der Waals surface area contributed by atoms with Crippen molar-refractivity contribution in [3.05, 3.63) is 179 Å². The van der Waals surface area contributed by atoms with Gasteiger partial charge in [-0.05, 0) is 124 Å². The van der Waals surface area contributed by atoms with E-state index in [0.717, 1.165) is 0 Å². The van der Waals surface area contributed by atoms with Crippen LogP contribution in [0.5, 0.6) is 0 Å². The Bertz CT molecular complexity index is 1700. The Hall–Kier alpha value is -5.08. The van der Waals surface area contributed by atoms with E-state index >= 15 is 0 Å². The molecule has 0 aliphatic heterocycles. The Morgan fingerprint density at radius 1 is 0.312 bits per heavy atom. The predicted molar refractivity (Wildman–Crippen MR) is 205 cm³/mol. The van der Waals surface area contributed by atoms with E-state index in [1.54, 1.807) is 0 Å². The molecular weight excluding hydrogens is 581 g/mol. The fourth-order valence-corrected chi connectivity index (χ4v) is 7.43. The number of hydrogen-bond acceptors (Lipinski definition) is 2. The van der Waals surface area contributed by atoms with E-state index in [0.29, 0.717) is 0 Å². The van der Waals surface area contributed by atoms with Crippen LogP contribution in [0.15, 0.2) is 146 Å². The molecule has 0 spiro atoms. The van der Waals surface area contributed by atoms with Gasteiger partial charge in [0, 0.05) is 39.5 Å². The first-order chi connectivity index (χ1) is 23.4. The zero-order valence-electron chi connectivity index (χ0n) is 28.8. The molecule has 1 aliphatic carbocycles. The first-order valence-electron chi connectivity index (χ1n) is 17.5. The highest BCUT2D eigenvalue weighted by atomic mass is 15.1. The second-order valence-corrected chi connectivity index (χ2v) is 13.7. The number of nitrogens with zero attached hydrogens (tertiary/aromatic N) is 2. The third kappa shape index (κ3) is 6.40. The molecule has 7 rings (SSSR count). The van der Waals surface area contributed by atoms with Gasteiger partial charge < -0.3 is 9.80 Å². The van der Waals surface area contributed by atoms with Gasteiger partial charge in [0.2, 0.25) is 0 Å². The third-order valence-electron chi connectivity index (χ3n) is 10.2. The van der Waals surface area contributed by atoms with E-state index < -0.39 is 0 Å². The standard InChI is InChI=1S/C46H46N2/c1-34-8-20-40(21-9-34)47(41-22-10-35(2)11-23-41)44-28-16-38(17-29-44)46(32-6-5-7-33-46)39-18-30-45(31-19-39)48(42-24-12-36(3)13-25-42)43-26-14-37(4)15-27-43/h8-31H,5-7,32-33H2,1-4H3. The molecule has 0 unspecified atom stereocenters. The molecule has 0 amide bonds. The molecule has 6 aromatic carbocycles. The minimum absolute atomic E-state index is 0.00636. The molecule has 0 saturated heterocycles. The van der Waals surface area contributed by atoms with Crippen LogP contribution in [0.3, 0.4) is 0 Å². The number of hydrogen-bond donors (Lipinski definition) is 0. The van der Waals surface area contributed by atoms with E-state index in [9.17, 15) is 0 Å². The largest absolute Gasteiger partial charge is 0.311 e. The normalized spacial score (nSPS) is 14.0. The van der Waals surface area contributed by atoms with Gasteiger partial charge in [0.1, 0.15) is 0 Å². The van der Waals surface area contributed by atoms with Crippen LogP contribution < -0.4 is 9.80 Å². The molecule has 1 saturated carbocycles. The van der Waals surface area contributed by atoms with Gasteiger partial charge in [-0.1, -0.05) is 114 Å². The average molecular weight is 627 g/mol. The topological polar surface area (TPSA) is 6.48 Å². The Morgan fingerprint density at radius 2 is 0.542 bits per heavy atom. The lowest BCUT2D eigenvalue weighted by Gasteiger charge is -2.39. The predicted octanol–water partition coefficient (Wildman–Crippen LogP) is 13.1. The van der Waals surface area contributed by atoms with Crippen LogP contribution in [0.2, 0.25) is 0 Å². The molecule has 1 fully saturated rings. The quantitative estimate of drug-likeness (QED) is 0.166. The van der Waals surface area contributed by atoms with Crippen molar-refractivity contribution in [1.82, 2.24) is 0 Å². The minimum Gasteiger partial charge on any atom is -0.311 e. The molecule has 0 atom stereocenters. The maximum Gasteiger partial charge on any atom is 0.0461 e. The van der Waals surface area contributed by atoms with Crippen LogP contribution in [-0.2, 0) is 5.41 Å². The summed E-state index contributed by atoms with van der Waals surface area (Å²) in [5.74, 6) is 0. The van der Waals surface area contributed by atoms with E-state index in [-0.39, 0.29) is 5.41 Å². The van der Waals surface area contributed by atoms with Gasteiger partial charge in [0.15, 0.2) is 0 Å². The van der Waals surface area contributed by atoms with Gasteiger partial charge in [0.05, 0.1) is 0 Å². The highest BCUT2D eigenvalue weighted by molar-refractivity contribution is 5.78. The van der Waals surface area contributed by atoms with Crippen molar-refractivity contribution in [3.8, 4) is 0 Å². The minimum atomic E-state index is 0.00636. The molecule has 48 heavy (non-hydrogen) atoms. The van der Waals surface area contributed by atoms with Crippen LogP contribution in [0.25, 0.3) is 0 Å². The van der Waals surface area contributed by atoms with Gasteiger partial charge in [0.25, 0.3) is 0 Å². The molecule has 2 nitrogen and oxygen atoms in total. The molecule has 240 valence electrons. The number of anilines is 6. The Labute approximate surface area is 287 Å². The van der Waals surface area contributed by atoms with Gasteiger partial charge in [-0.2, -0.15) is 0 Å². The van der Waals surface area contributed by atoms with Crippen LogP contribution in [-0.4, -0.2) is 0 Å². The summed E-state index contributed by atoms with van der Waals surface area (Å²) in [5, 5.41) is 0. The van der Waals surface area contributed by atoms with Crippen molar-refractivity contribution in [2.24, 2.45) is 0 Å². The summed E-state index contributed by atoms with van der Waals surface area (Å²) in [6.07, 6.45) is 6.15. The molecule has 1 aliphatic rings. The Balaban J connectivity index is 1.25. The van der Waals surface area contributed by atoms with Crippen molar-refractivity contribution in [1.29, 1.82) is 0 Å². The van der Waals surface area contributed by atoms with Gasteiger partial charge in [-0.3, -0.25) is 0 Å². The van der Waals surface area contributed by atoms with Crippen molar-refractivity contribution < 1.29 is 0 Å². The first-order valence-corrected chi connectivity index (χ1v) is 17.5. The molecule has 0 N–H and O–H groups in total. The Kier molecular flexibility index (Phi) is 8.91. The van der Waals surface area contributed by atoms with Crippen LogP contribution in [0, 0.1) is 27.7 Å². The summed E-state index contributed by atoms with van der Waals surface area (Å²) in [5.41, 5.74) is 15.0. The number of aryl methyl sites for hydroxylation is 4. The lowest BCUT2D eigenvalue weighted by atomic mass is 9.65. The van der Waals surface area contributed by atoms with Gasteiger partial charge in [-0.25, -0.2) is 0 Å². The molecular formula is C46H46N2. The average Bonchev–Trinajstić information content (AvgIpc) is 3.13. The maximum atomic E-state index is 2.40. The molecule has 0 aromatic heterocycles. The van der Waals surface area contributed by atoms with Crippen molar-refractivity contribution in [2.45, 2.75) is 65.2 Å². The zero-order chi connectivity index (χ0) is 33.1. The van der Waals surface area contributed by atoms with Crippen molar-refractivity contribution in [2.75, 3.05) is 9.80 Å². The van der Waals surface area contributed by atoms with Crippen LogP contribution in [0.1, 0.15) is 65.5 Å². The lowest BCUT2D eigenvalue weighted by molar-refractivity contribution is 0.346. The molecule has 0 radical (unpaired) electrons. The Morgan fingerprint density at radius 3 is 0.792 bits per heavy atom. The van der Waals surface area contributed by atoms with Crippen molar-refractivity contribution >= 4 is 34.1 Å². The second kappa shape index (κ2) is 13.6. The monoisotopic (exact) mass is 626 g/mol. The van der Waals surface area contributed by atoms with E-state index in [1.807, 2.05) is 0 Å². The van der Waals surface area contributed by atoms with E-state index in [2.05, 4.69) is 183 Å². The van der Waals surface area contributed by atoms with Gasteiger partial charge in [-0.15, -0.1) is 0 Å². The molecule has 6 aromatic rings. The molecule has 0 bridgehead atoms. The highest BCUT2D eigenvalue weighted by Crippen LogP contribution is 2.47. The summed E-state index contributed by atoms with van der Waals surface area (Å²) in [4.78, 5) is 4.74. The van der Waals surface area contributed by atoms with Gasteiger partial charge >= 0.3 is 0 Å².